The molecule has 0 aromatic carbocycles. The van der Waals surface area contributed by atoms with Crippen molar-refractivity contribution < 1.29 is 35.4 Å². The van der Waals surface area contributed by atoms with Crippen LogP contribution in [-0.2, 0) is 25.6 Å². The fourth-order valence-electron chi connectivity index (χ4n) is 7.58. The van der Waals surface area contributed by atoms with Gasteiger partial charge in [0.15, 0.2) is 0 Å². The maximum Gasteiger partial charge on any atom is 2.00 e. The first-order valence-electron chi connectivity index (χ1n) is 24.8. The molecule has 0 N–H and O–H groups in total. The van der Waals surface area contributed by atoms with Crippen molar-refractivity contribution in [2.75, 3.05) is 24.6 Å². The summed E-state index contributed by atoms with van der Waals surface area (Å²) in [5, 5.41) is 0. The van der Waals surface area contributed by atoms with E-state index < -0.39 is 14.7 Å². The van der Waals surface area contributed by atoms with E-state index in [1.807, 2.05) is 0 Å². The maximum absolute atomic E-state index is 12.1. The fraction of sp³-hybridized carbons (Fsp3) is 1.00. The first-order chi connectivity index (χ1) is 26.2. The SMILES string of the molecule is CCCCCCCCCCCCP(=O)([O-])CCCCCCCCCCCC.CCCCCCCCCCCCP(=O)([O-])CCCCCCCCCCCC.[Ni+2]. The average Bonchev–Trinajstić information content (AvgIpc) is 3.15. The Bertz CT molecular complexity index is 676. The van der Waals surface area contributed by atoms with Gasteiger partial charge >= 0.3 is 16.5 Å². The first kappa shape index (κ1) is 60.2. The van der Waals surface area contributed by atoms with E-state index in [1.165, 1.54) is 205 Å². The molecule has 0 atom stereocenters. The zero-order valence-electron chi connectivity index (χ0n) is 38.0. The molecule has 0 radical (unpaired) electrons. The molecule has 0 aromatic rings. The van der Waals surface area contributed by atoms with Crippen LogP contribution in [0.25, 0.3) is 0 Å². The van der Waals surface area contributed by atoms with Gasteiger partial charge in [-0.1, -0.05) is 259 Å². The maximum atomic E-state index is 12.1. The molecule has 0 aliphatic rings. The molecular weight excluding hydrogens is 761 g/mol. The van der Waals surface area contributed by atoms with Crippen molar-refractivity contribution in [2.24, 2.45) is 0 Å². The van der Waals surface area contributed by atoms with Crippen LogP contribution in [0.5, 0.6) is 0 Å². The summed E-state index contributed by atoms with van der Waals surface area (Å²) in [4.78, 5) is 24.3. The van der Waals surface area contributed by atoms with Crippen LogP contribution in [0, 0.1) is 0 Å². The third-order valence-corrected chi connectivity index (χ3v) is 15.4. The van der Waals surface area contributed by atoms with Gasteiger partial charge in [0.1, 0.15) is 0 Å². The number of rotatable bonds is 44. The molecule has 0 aromatic heterocycles. The molecule has 0 saturated heterocycles. The van der Waals surface area contributed by atoms with E-state index in [0.717, 1.165) is 51.4 Å². The van der Waals surface area contributed by atoms with Crippen LogP contribution in [0.15, 0.2) is 0 Å². The molecule has 0 amide bonds. The zero-order chi connectivity index (χ0) is 40.1. The summed E-state index contributed by atoms with van der Waals surface area (Å²) < 4.78 is 24.3. The summed E-state index contributed by atoms with van der Waals surface area (Å²) in [6.07, 6.45) is 52.3. The summed E-state index contributed by atoms with van der Waals surface area (Å²) in [7, 11) is -6.18. The predicted octanol–water partition coefficient (Wildman–Crippen LogP) is 16.9. The van der Waals surface area contributed by atoms with Crippen molar-refractivity contribution in [3.05, 3.63) is 0 Å². The van der Waals surface area contributed by atoms with Crippen molar-refractivity contribution in [3.63, 3.8) is 0 Å². The Kier molecular flexibility index (Phi) is 53.9. The Labute approximate surface area is 357 Å². The van der Waals surface area contributed by atoms with Crippen LogP contribution in [0.2, 0.25) is 0 Å². The molecule has 55 heavy (non-hydrogen) atoms. The summed E-state index contributed by atoms with van der Waals surface area (Å²) in [5.41, 5.74) is 0. The normalized spacial score (nSPS) is 11.7. The molecule has 0 spiro atoms. The Morgan fingerprint density at radius 3 is 0.473 bits per heavy atom. The van der Waals surface area contributed by atoms with Crippen molar-refractivity contribution in [2.45, 2.75) is 285 Å². The summed E-state index contributed by atoms with van der Waals surface area (Å²) in [6, 6.07) is 0. The van der Waals surface area contributed by atoms with Gasteiger partial charge < -0.3 is 18.9 Å². The Morgan fingerprint density at radius 1 is 0.236 bits per heavy atom. The van der Waals surface area contributed by atoms with E-state index in [-0.39, 0.29) is 16.5 Å². The van der Waals surface area contributed by atoms with Crippen LogP contribution in [0.3, 0.4) is 0 Å². The van der Waals surface area contributed by atoms with E-state index >= 15 is 0 Å². The van der Waals surface area contributed by atoms with Gasteiger partial charge in [-0.15, -0.1) is 0 Å². The van der Waals surface area contributed by atoms with E-state index in [4.69, 9.17) is 0 Å². The van der Waals surface area contributed by atoms with Crippen molar-refractivity contribution in [1.29, 1.82) is 0 Å². The minimum absolute atomic E-state index is 0. The van der Waals surface area contributed by atoms with Crippen LogP contribution in [0.4, 0.5) is 0 Å². The van der Waals surface area contributed by atoms with Gasteiger partial charge in [0.05, 0.1) is 0 Å². The zero-order valence-corrected chi connectivity index (χ0v) is 40.7. The molecule has 0 heterocycles. The third kappa shape index (κ3) is 54.9. The van der Waals surface area contributed by atoms with Crippen molar-refractivity contribution in [3.8, 4) is 0 Å². The second-order valence-corrected chi connectivity index (χ2v) is 22.3. The summed E-state index contributed by atoms with van der Waals surface area (Å²) in [6.45, 7) is 9.02. The van der Waals surface area contributed by atoms with Crippen LogP contribution >= 0.6 is 14.7 Å². The van der Waals surface area contributed by atoms with Crippen LogP contribution in [0.1, 0.15) is 285 Å². The van der Waals surface area contributed by atoms with Crippen LogP contribution < -0.4 is 9.79 Å². The minimum atomic E-state index is -3.09. The van der Waals surface area contributed by atoms with Crippen LogP contribution in [-0.4, -0.2) is 24.6 Å². The summed E-state index contributed by atoms with van der Waals surface area (Å²) >= 11 is 0. The van der Waals surface area contributed by atoms with E-state index in [2.05, 4.69) is 27.7 Å². The molecule has 0 unspecified atom stereocenters. The summed E-state index contributed by atoms with van der Waals surface area (Å²) in [5.74, 6) is 0. The largest absolute Gasteiger partial charge is 2.00 e. The van der Waals surface area contributed by atoms with Gasteiger partial charge in [-0.3, -0.25) is 0 Å². The molecule has 4 nitrogen and oxygen atoms in total. The third-order valence-electron chi connectivity index (χ3n) is 11.4. The minimum Gasteiger partial charge on any atom is -0.799 e. The Balaban J connectivity index is -0.000000966. The molecule has 7 heteroatoms. The molecule has 0 aliphatic heterocycles. The standard InChI is InChI=1S/2C24H51O2P.Ni/c2*1-3-5-7-9-11-13-15-17-19-21-23-27(25,26)24-22-20-18-16-14-12-10-8-6-4-2;/h2*3-24H2,1-2H3,(H,25,26);/q;;+2/p-2. The molecule has 0 saturated carbocycles. The Hall–Kier alpha value is 0.874. The van der Waals surface area contributed by atoms with Gasteiger partial charge in [-0.25, -0.2) is 0 Å². The number of hydrogen-bond donors (Lipinski definition) is 0. The van der Waals surface area contributed by atoms with Gasteiger partial charge in [-0.2, -0.15) is 0 Å². The topological polar surface area (TPSA) is 80.3 Å². The van der Waals surface area contributed by atoms with E-state index in [9.17, 15) is 18.9 Å². The van der Waals surface area contributed by atoms with Gasteiger partial charge in [-0.05, 0) is 50.3 Å². The second kappa shape index (κ2) is 49.2. The molecule has 0 bridgehead atoms. The fourth-order valence-corrected chi connectivity index (χ4v) is 10.9. The van der Waals surface area contributed by atoms with Crippen molar-refractivity contribution >= 4 is 14.7 Å². The molecule has 0 fully saturated rings. The smallest absolute Gasteiger partial charge is 0.799 e. The van der Waals surface area contributed by atoms with Crippen molar-refractivity contribution in [1.82, 2.24) is 0 Å². The molecule has 336 valence electrons. The van der Waals surface area contributed by atoms with Gasteiger partial charge in [0, 0.05) is 14.7 Å². The second-order valence-electron chi connectivity index (χ2n) is 17.3. The molecule has 0 rings (SSSR count). The quantitative estimate of drug-likeness (QED) is 0.0347. The van der Waals surface area contributed by atoms with E-state index in [0.29, 0.717) is 24.6 Å². The first-order valence-corrected chi connectivity index (χ1v) is 28.8. The van der Waals surface area contributed by atoms with Gasteiger partial charge in [0.2, 0.25) is 0 Å². The van der Waals surface area contributed by atoms with Gasteiger partial charge in [0.25, 0.3) is 0 Å². The average molecular weight is 862 g/mol. The monoisotopic (exact) mass is 861 g/mol. The number of unbranched alkanes of at least 4 members (excludes halogenated alkanes) is 36. The molecule has 0 aliphatic carbocycles. The predicted molar refractivity (Wildman–Crippen MR) is 242 cm³/mol. The van der Waals surface area contributed by atoms with E-state index in [1.54, 1.807) is 0 Å². The number of hydrogen-bond acceptors (Lipinski definition) is 4. The Morgan fingerprint density at radius 2 is 0.345 bits per heavy atom. The molecular formula is C48H100NiO4P2.